The van der Waals surface area contributed by atoms with Gasteiger partial charge in [0.25, 0.3) is 0 Å². The first kappa shape index (κ1) is 20.1. The predicted octanol–water partition coefficient (Wildman–Crippen LogP) is 3.14. The molecule has 7 nitrogen and oxygen atoms in total. The molecule has 0 unspecified atom stereocenters. The van der Waals surface area contributed by atoms with Crippen molar-refractivity contribution in [2.24, 2.45) is 0 Å². The van der Waals surface area contributed by atoms with Crippen LogP contribution in [0.3, 0.4) is 0 Å². The van der Waals surface area contributed by atoms with E-state index in [0.717, 1.165) is 16.9 Å². The zero-order chi connectivity index (χ0) is 20.5. The van der Waals surface area contributed by atoms with Gasteiger partial charge in [0.15, 0.2) is 11.7 Å². The Morgan fingerprint density at radius 2 is 1.83 bits per heavy atom. The summed E-state index contributed by atoms with van der Waals surface area (Å²) in [5, 5.41) is 2.54. The summed E-state index contributed by atoms with van der Waals surface area (Å²) in [6, 6.07) is 16.8. The fraction of sp³-hybridized carbons (Fsp3) is 0.227. The number of amides is 1. The van der Waals surface area contributed by atoms with Gasteiger partial charge in [-0.25, -0.2) is 4.98 Å². The zero-order valence-corrected chi connectivity index (χ0v) is 16.1. The van der Waals surface area contributed by atoms with Crippen molar-refractivity contribution in [3.63, 3.8) is 0 Å². The van der Waals surface area contributed by atoms with Gasteiger partial charge >= 0.3 is 5.97 Å². The maximum atomic E-state index is 11.9. The summed E-state index contributed by atoms with van der Waals surface area (Å²) in [5.74, 6) is 1.07. The first-order valence-electron chi connectivity index (χ1n) is 9.19. The Morgan fingerprint density at radius 1 is 1.07 bits per heavy atom. The number of aryl methyl sites for hydroxylation is 1. The number of hydrogen-bond donors (Lipinski definition) is 1. The van der Waals surface area contributed by atoms with Crippen molar-refractivity contribution in [3.05, 3.63) is 72.2 Å². The van der Waals surface area contributed by atoms with Gasteiger partial charge in [0.1, 0.15) is 18.9 Å². The van der Waals surface area contributed by atoms with E-state index in [0.29, 0.717) is 18.1 Å². The molecule has 1 heterocycles. The molecule has 0 bridgehead atoms. The van der Waals surface area contributed by atoms with Gasteiger partial charge in [-0.2, -0.15) is 0 Å². The fourth-order valence-corrected chi connectivity index (χ4v) is 2.58. The molecule has 0 spiro atoms. The van der Waals surface area contributed by atoms with Crippen LogP contribution in [0, 0.1) is 0 Å². The third kappa shape index (κ3) is 6.21. The number of nitrogens with one attached hydrogen (secondary N) is 1. The van der Waals surface area contributed by atoms with Crippen molar-refractivity contribution in [1.82, 2.24) is 10.3 Å². The number of methoxy groups -OCH3 is 1. The van der Waals surface area contributed by atoms with Gasteiger partial charge in [-0.1, -0.05) is 30.3 Å². The van der Waals surface area contributed by atoms with Gasteiger partial charge in [0, 0.05) is 18.4 Å². The lowest BCUT2D eigenvalue weighted by Gasteiger charge is -2.06. The zero-order valence-electron chi connectivity index (χ0n) is 16.1. The quantitative estimate of drug-likeness (QED) is 0.561. The van der Waals surface area contributed by atoms with Crippen molar-refractivity contribution >= 4 is 11.9 Å². The normalized spacial score (nSPS) is 10.4. The van der Waals surface area contributed by atoms with Gasteiger partial charge < -0.3 is 19.2 Å². The van der Waals surface area contributed by atoms with E-state index in [1.165, 1.54) is 0 Å². The molecule has 3 aromatic rings. The Labute approximate surface area is 168 Å². The Kier molecular flexibility index (Phi) is 7.00. The SMILES string of the molecule is COc1ccc(-c2cnc(CCC(=O)NCC(=O)OCc3ccccc3)o2)cc1. The number of hydrogen-bond acceptors (Lipinski definition) is 6. The molecule has 0 aliphatic rings. The smallest absolute Gasteiger partial charge is 0.325 e. The Morgan fingerprint density at radius 3 is 2.55 bits per heavy atom. The number of rotatable bonds is 9. The highest BCUT2D eigenvalue weighted by molar-refractivity contribution is 5.81. The van der Waals surface area contributed by atoms with Crippen LogP contribution < -0.4 is 10.1 Å². The molecule has 150 valence electrons. The summed E-state index contributed by atoms with van der Waals surface area (Å²) in [4.78, 5) is 27.9. The summed E-state index contributed by atoms with van der Waals surface area (Å²) in [7, 11) is 1.61. The monoisotopic (exact) mass is 394 g/mol. The highest BCUT2D eigenvalue weighted by atomic mass is 16.5. The van der Waals surface area contributed by atoms with Crippen molar-refractivity contribution in [3.8, 4) is 17.1 Å². The summed E-state index contributed by atoms with van der Waals surface area (Å²) in [5.41, 5.74) is 1.76. The van der Waals surface area contributed by atoms with E-state index in [2.05, 4.69) is 10.3 Å². The molecule has 0 atom stereocenters. The number of carbonyl (C=O) groups excluding carboxylic acids is 2. The summed E-state index contributed by atoms with van der Waals surface area (Å²) in [6.07, 6.45) is 2.12. The Balaban J connectivity index is 1.39. The third-order valence-electron chi connectivity index (χ3n) is 4.17. The van der Waals surface area contributed by atoms with Crippen LogP contribution in [-0.4, -0.2) is 30.5 Å². The van der Waals surface area contributed by atoms with E-state index in [4.69, 9.17) is 13.9 Å². The molecular weight excluding hydrogens is 372 g/mol. The van der Waals surface area contributed by atoms with Crippen LogP contribution in [0.2, 0.25) is 0 Å². The molecule has 0 radical (unpaired) electrons. The van der Waals surface area contributed by atoms with E-state index in [1.807, 2.05) is 54.6 Å². The summed E-state index contributed by atoms with van der Waals surface area (Å²) >= 11 is 0. The highest BCUT2D eigenvalue weighted by Crippen LogP contribution is 2.23. The number of aromatic nitrogens is 1. The summed E-state index contributed by atoms with van der Waals surface area (Å²) in [6.45, 7) is 0.00828. The minimum atomic E-state index is -0.486. The van der Waals surface area contributed by atoms with Gasteiger partial charge in [-0.15, -0.1) is 0 Å². The first-order valence-corrected chi connectivity index (χ1v) is 9.19. The van der Waals surface area contributed by atoms with Crippen LogP contribution in [0.5, 0.6) is 5.75 Å². The second-order valence-corrected chi connectivity index (χ2v) is 6.27. The number of esters is 1. The fourth-order valence-electron chi connectivity index (χ4n) is 2.58. The molecule has 3 rings (SSSR count). The molecule has 1 aromatic heterocycles. The average molecular weight is 394 g/mol. The van der Waals surface area contributed by atoms with Crippen LogP contribution >= 0.6 is 0 Å². The molecular formula is C22H22N2O5. The summed E-state index contributed by atoms with van der Waals surface area (Å²) < 4.78 is 15.9. The molecule has 2 aromatic carbocycles. The molecule has 29 heavy (non-hydrogen) atoms. The molecule has 1 N–H and O–H groups in total. The molecule has 7 heteroatoms. The van der Waals surface area contributed by atoms with Gasteiger partial charge in [0.2, 0.25) is 5.91 Å². The molecule has 0 aliphatic carbocycles. The van der Waals surface area contributed by atoms with Crippen molar-refractivity contribution in [1.29, 1.82) is 0 Å². The Bertz CT molecular complexity index is 935. The van der Waals surface area contributed by atoms with Crippen LogP contribution in [0.1, 0.15) is 17.9 Å². The first-order chi connectivity index (χ1) is 14.1. The van der Waals surface area contributed by atoms with E-state index in [1.54, 1.807) is 13.3 Å². The Hall–Kier alpha value is -3.61. The van der Waals surface area contributed by atoms with E-state index in [-0.39, 0.29) is 25.5 Å². The number of carbonyl (C=O) groups is 2. The van der Waals surface area contributed by atoms with Crippen molar-refractivity contribution < 1.29 is 23.5 Å². The number of oxazole rings is 1. The second kappa shape index (κ2) is 10.1. The van der Waals surface area contributed by atoms with Crippen LogP contribution in [-0.2, 0) is 27.4 Å². The van der Waals surface area contributed by atoms with E-state index in [9.17, 15) is 9.59 Å². The molecule has 1 amide bonds. The minimum absolute atomic E-state index is 0.161. The number of benzene rings is 2. The maximum absolute atomic E-state index is 11.9. The molecule has 0 aliphatic heterocycles. The lowest BCUT2D eigenvalue weighted by molar-refractivity contribution is -0.145. The van der Waals surface area contributed by atoms with Crippen molar-refractivity contribution in [2.45, 2.75) is 19.4 Å². The molecule has 0 saturated heterocycles. The third-order valence-corrected chi connectivity index (χ3v) is 4.17. The van der Waals surface area contributed by atoms with E-state index >= 15 is 0 Å². The van der Waals surface area contributed by atoms with Crippen LogP contribution in [0.15, 0.2) is 65.2 Å². The van der Waals surface area contributed by atoms with Gasteiger partial charge in [0.05, 0.1) is 13.3 Å². The maximum Gasteiger partial charge on any atom is 0.325 e. The van der Waals surface area contributed by atoms with Gasteiger partial charge in [-0.3, -0.25) is 9.59 Å². The van der Waals surface area contributed by atoms with Crippen LogP contribution in [0.25, 0.3) is 11.3 Å². The van der Waals surface area contributed by atoms with Crippen LogP contribution in [0.4, 0.5) is 0 Å². The molecule has 0 fully saturated rings. The minimum Gasteiger partial charge on any atom is -0.497 e. The number of nitrogens with zero attached hydrogens (tertiary/aromatic N) is 1. The lowest BCUT2D eigenvalue weighted by atomic mass is 10.2. The number of ether oxygens (including phenoxy) is 2. The predicted molar refractivity (Wildman–Crippen MR) is 106 cm³/mol. The lowest BCUT2D eigenvalue weighted by Crippen LogP contribution is -2.30. The largest absolute Gasteiger partial charge is 0.497 e. The topological polar surface area (TPSA) is 90.7 Å². The molecule has 0 saturated carbocycles. The van der Waals surface area contributed by atoms with Crippen molar-refractivity contribution in [2.75, 3.05) is 13.7 Å². The average Bonchev–Trinajstić information content (AvgIpc) is 3.24. The second-order valence-electron chi connectivity index (χ2n) is 6.27. The highest BCUT2D eigenvalue weighted by Gasteiger charge is 2.11. The van der Waals surface area contributed by atoms with E-state index < -0.39 is 5.97 Å². The standard InChI is InChI=1S/C22H22N2O5/c1-27-18-9-7-17(8-10-18)19-13-24-21(29-19)12-11-20(25)23-14-22(26)28-15-16-5-3-2-4-6-16/h2-10,13H,11-12,14-15H2,1H3,(H,23,25). The van der Waals surface area contributed by atoms with Gasteiger partial charge in [-0.05, 0) is 29.8 Å².